The second kappa shape index (κ2) is 11.1. The van der Waals surface area contributed by atoms with E-state index in [1.807, 2.05) is 59.2 Å². The lowest BCUT2D eigenvalue weighted by molar-refractivity contribution is -0.114. The van der Waals surface area contributed by atoms with Crippen LogP contribution in [0.5, 0.6) is 0 Å². The van der Waals surface area contributed by atoms with Gasteiger partial charge in [-0.3, -0.25) is 14.4 Å². The van der Waals surface area contributed by atoms with E-state index in [4.69, 9.17) is 0 Å². The van der Waals surface area contributed by atoms with E-state index in [0.717, 1.165) is 28.0 Å². The molecule has 5 aromatic rings. The zero-order valence-corrected chi connectivity index (χ0v) is 23.3. The molecule has 1 aliphatic carbocycles. The number of carbonyl (C=O) groups is 3. The third-order valence-electron chi connectivity index (χ3n) is 7.54. The second-order valence-electron chi connectivity index (χ2n) is 10.1. The number of rotatable bonds is 7. The molecule has 0 saturated heterocycles. The molecule has 1 amide bonds. The van der Waals surface area contributed by atoms with E-state index < -0.39 is 11.5 Å². The average Bonchev–Trinajstić information content (AvgIpc) is 3.61. The quantitative estimate of drug-likeness (QED) is 0.111. The normalized spacial score (nSPS) is 15.1. The third kappa shape index (κ3) is 4.80. The van der Waals surface area contributed by atoms with Gasteiger partial charge in [0.2, 0.25) is 5.91 Å². The fraction of sp³-hybridized carbons (Fsp3) is 0.182. The standard InChI is InChI=1S/C33H28N4O3S/c1-22(38)35-32-36-27-19-11-18-26(30(40)31(27)41-32)29(39)28-20-37(21-34-28)33(23-12-5-2-6-13-23,24-14-7-3-8-15-24)25-16-9-4-10-17-25/h2-10,12-17,20-21,26H,11,18-19H2,1H3,(H,35,36,38). The minimum atomic E-state index is -0.857. The molecule has 1 aliphatic rings. The van der Waals surface area contributed by atoms with Crippen LogP contribution in [-0.4, -0.2) is 32.0 Å². The van der Waals surface area contributed by atoms with E-state index in [-0.39, 0.29) is 23.2 Å². The Labute approximate surface area is 241 Å². The highest BCUT2D eigenvalue weighted by Gasteiger charge is 2.40. The Kier molecular flexibility index (Phi) is 7.15. The Morgan fingerprint density at radius 3 is 2.00 bits per heavy atom. The summed E-state index contributed by atoms with van der Waals surface area (Å²) in [6.45, 7) is 1.40. The van der Waals surface area contributed by atoms with E-state index in [9.17, 15) is 14.4 Å². The van der Waals surface area contributed by atoms with Crippen LogP contribution in [0, 0.1) is 5.92 Å². The van der Waals surface area contributed by atoms with E-state index >= 15 is 0 Å². The van der Waals surface area contributed by atoms with Crippen LogP contribution in [0.15, 0.2) is 104 Å². The molecular weight excluding hydrogens is 532 g/mol. The van der Waals surface area contributed by atoms with E-state index in [1.165, 1.54) is 6.92 Å². The monoisotopic (exact) mass is 560 g/mol. The molecule has 1 atom stereocenters. The first-order valence-electron chi connectivity index (χ1n) is 13.5. The van der Waals surface area contributed by atoms with Gasteiger partial charge in [0.25, 0.3) is 0 Å². The molecule has 8 heteroatoms. The smallest absolute Gasteiger partial charge is 0.223 e. The number of fused-ring (bicyclic) bond motifs is 1. The number of Topliss-reactive ketones (excluding diaryl/α,β-unsaturated/α-hetero) is 2. The van der Waals surface area contributed by atoms with Crippen LogP contribution in [0.4, 0.5) is 5.13 Å². The van der Waals surface area contributed by atoms with Crippen molar-refractivity contribution in [1.82, 2.24) is 14.5 Å². The van der Waals surface area contributed by atoms with Crippen LogP contribution in [-0.2, 0) is 16.8 Å². The first-order chi connectivity index (χ1) is 20.0. The summed E-state index contributed by atoms with van der Waals surface area (Å²) >= 11 is 1.13. The molecule has 0 saturated carbocycles. The largest absolute Gasteiger partial charge is 0.318 e. The molecule has 0 fully saturated rings. The van der Waals surface area contributed by atoms with Crippen molar-refractivity contribution in [3.8, 4) is 0 Å². The summed E-state index contributed by atoms with van der Waals surface area (Å²) in [5, 5.41) is 3.04. The zero-order valence-electron chi connectivity index (χ0n) is 22.5. The minimum absolute atomic E-state index is 0.241. The number of nitrogens with zero attached hydrogens (tertiary/aromatic N) is 3. The maximum atomic E-state index is 13.9. The highest BCUT2D eigenvalue weighted by Crippen LogP contribution is 2.41. The maximum Gasteiger partial charge on any atom is 0.223 e. The van der Waals surface area contributed by atoms with Gasteiger partial charge in [-0.05, 0) is 36.0 Å². The van der Waals surface area contributed by atoms with Crippen molar-refractivity contribution in [2.75, 3.05) is 5.32 Å². The molecule has 0 aliphatic heterocycles. The van der Waals surface area contributed by atoms with E-state index in [0.29, 0.717) is 35.0 Å². The molecule has 6 rings (SSSR count). The number of carbonyl (C=O) groups excluding carboxylic acids is 3. The van der Waals surface area contributed by atoms with Crippen LogP contribution < -0.4 is 5.32 Å². The summed E-state index contributed by atoms with van der Waals surface area (Å²) in [4.78, 5) is 48.5. The van der Waals surface area contributed by atoms with Crippen LogP contribution >= 0.6 is 11.3 Å². The summed E-state index contributed by atoms with van der Waals surface area (Å²) in [6, 6.07) is 30.4. The molecule has 204 valence electrons. The van der Waals surface area contributed by atoms with Crippen molar-refractivity contribution in [1.29, 1.82) is 0 Å². The van der Waals surface area contributed by atoms with Gasteiger partial charge in [-0.1, -0.05) is 102 Å². The summed E-state index contributed by atoms with van der Waals surface area (Å²) < 4.78 is 1.98. The van der Waals surface area contributed by atoms with E-state index in [1.54, 1.807) is 12.5 Å². The van der Waals surface area contributed by atoms with Crippen LogP contribution in [0.2, 0.25) is 0 Å². The van der Waals surface area contributed by atoms with Crippen LogP contribution in [0.3, 0.4) is 0 Å². The van der Waals surface area contributed by atoms with Gasteiger partial charge in [0.1, 0.15) is 11.2 Å². The number of anilines is 1. The molecule has 2 heterocycles. The molecule has 0 bridgehead atoms. The Balaban J connectivity index is 1.44. The molecule has 0 radical (unpaired) electrons. The molecule has 1 unspecified atom stereocenters. The molecular formula is C33H28N4O3S. The van der Waals surface area contributed by atoms with Crippen molar-refractivity contribution in [3.05, 3.63) is 136 Å². The maximum absolute atomic E-state index is 13.9. The number of thiazole rings is 1. The Morgan fingerprint density at radius 2 is 1.46 bits per heavy atom. The lowest BCUT2D eigenvalue weighted by Crippen LogP contribution is -2.37. The first kappa shape index (κ1) is 26.5. The average molecular weight is 561 g/mol. The Hall–Kier alpha value is -4.69. The number of aromatic nitrogens is 3. The third-order valence-corrected chi connectivity index (χ3v) is 8.57. The van der Waals surface area contributed by atoms with Crippen molar-refractivity contribution < 1.29 is 14.4 Å². The van der Waals surface area contributed by atoms with Gasteiger partial charge in [-0.2, -0.15) is 0 Å². The number of amides is 1. The zero-order chi connectivity index (χ0) is 28.4. The molecule has 41 heavy (non-hydrogen) atoms. The summed E-state index contributed by atoms with van der Waals surface area (Å²) in [5.41, 5.74) is 3.12. The van der Waals surface area contributed by atoms with Crippen molar-refractivity contribution >= 4 is 33.9 Å². The number of hydrogen-bond donors (Lipinski definition) is 1. The van der Waals surface area contributed by atoms with Crippen LogP contribution in [0.1, 0.15) is 62.3 Å². The summed E-state index contributed by atoms with van der Waals surface area (Å²) in [5.74, 6) is -1.67. The van der Waals surface area contributed by atoms with Crippen molar-refractivity contribution in [3.63, 3.8) is 0 Å². The Bertz CT molecular complexity index is 1610. The number of aryl methyl sites for hydroxylation is 1. The lowest BCUT2D eigenvalue weighted by atomic mass is 9.76. The molecule has 1 N–H and O–H groups in total. The molecule has 3 aromatic carbocycles. The molecule has 7 nitrogen and oxygen atoms in total. The number of benzene rings is 3. The predicted molar refractivity (Wildman–Crippen MR) is 158 cm³/mol. The van der Waals surface area contributed by atoms with Gasteiger partial charge < -0.3 is 9.88 Å². The fourth-order valence-corrected chi connectivity index (χ4v) is 6.78. The van der Waals surface area contributed by atoms with Gasteiger partial charge in [-0.15, -0.1) is 0 Å². The van der Waals surface area contributed by atoms with Gasteiger partial charge >= 0.3 is 0 Å². The topological polar surface area (TPSA) is 94.0 Å². The minimum Gasteiger partial charge on any atom is -0.318 e. The number of hydrogen-bond acceptors (Lipinski definition) is 6. The summed E-state index contributed by atoms with van der Waals surface area (Å²) in [7, 11) is 0. The lowest BCUT2D eigenvalue weighted by Gasteiger charge is -2.37. The number of imidazole rings is 1. The predicted octanol–water partition coefficient (Wildman–Crippen LogP) is 6.16. The van der Waals surface area contributed by atoms with Gasteiger partial charge in [0.15, 0.2) is 16.7 Å². The summed E-state index contributed by atoms with van der Waals surface area (Å²) in [6.07, 6.45) is 5.10. The van der Waals surface area contributed by atoms with Crippen molar-refractivity contribution in [2.24, 2.45) is 5.92 Å². The van der Waals surface area contributed by atoms with Gasteiger partial charge in [0.05, 0.1) is 22.8 Å². The van der Waals surface area contributed by atoms with Gasteiger partial charge in [0, 0.05) is 13.1 Å². The van der Waals surface area contributed by atoms with Gasteiger partial charge in [-0.25, -0.2) is 9.97 Å². The molecule has 2 aromatic heterocycles. The molecule has 0 spiro atoms. The van der Waals surface area contributed by atoms with Crippen LogP contribution in [0.25, 0.3) is 0 Å². The Morgan fingerprint density at radius 1 is 0.902 bits per heavy atom. The SMILES string of the molecule is CC(=O)Nc1nc2c(s1)C(=O)C(C(=O)c1cn(C(c3ccccc3)(c3ccccc3)c3ccccc3)cn1)CCC2. The fourth-order valence-electron chi connectivity index (χ4n) is 5.73. The first-order valence-corrected chi connectivity index (χ1v) is 14.4. The number of ketones is 2. The number of nitrogens with one attached hydrogen (secondary N) is 1. The highest BCUT2D eigenvalue weighted by atomic mass is 32.1. The van der Waals surface area contributed by atoms with E-state index in [2.05, 4.69) is 51.7 Å². The highest BCUT2D eigenvalue weighted by molar-refractivity contribution is 7.17. The second-order valence-corrected chi connectivity index (χ2v) is 11.1. The van der Waals surface area contributed by atoms with Crippen molar-refractivity contribution in [2.45, 2.75) is 31.7 Å².